The van der Waals surface area contributed by atoms with Crippen LogP contribution in [0.3, 0.4) is 0 Å². The number of rotatable bonds is 2. The maximum Gasteiger partial charge on any atom is 0.0236 e. The van der Waals surface area contributed by atoms with Crippen LogP contribution in [0.2, 0.25) is 0 Å². The molecule has 0 saturated carbocycles. The van der Waals surface area contributed by atoms with Gasteiger partial charge in [-0.2, -0.15) is 0 Å². The lowest BCUT2D eigenvalue weighted by Crippen LogP contribution is -2.51. The lowest BCUT2D eigenvalue weighted by Gasteiger charge is -2.42. The highest BCUT2D eigenvalue weighted by atomic mass is 15.2. The van der Waals surface area contributed by atoms with E-state index in [0.717, 1.165) is 18.5 Å². The van der Waals surface area contributed by atoms with Gasteiger partial charge in [-0.1, -0.05) is 23.8 Å². The molecule has 0 radical (unpaired) electrons. The summed E-state index contributed by atoms with van der Waals surface area (Å²) in [5.74, 6) is 0.882. The first kappa shape index (κ1) is 13.1. The molecule has 104 valence electrons. The fraction of sp³-hybridized carbons (Fsp3) is 0.647. The fourth-order valence-electron chi connectivity index (χ4n) is 3.68. The zero-order chi connectivity index (χ0) is 13.2. The molecule has 0 bridgehead atoms. The topological polar surface area (TPSA) is 15.3 Å². The van der Waals surface area contributed by atoms with Crippen LogP contribution >= 0.6 is 0 Å². The minimum absolute atomic E-state index is 0.795. The van der Waals surface area contributed by atoms with E-state index in [1.807, 2.05) is 0 Å². The van der Waals surface area contributed by atoms with Crippen LogP contribution in [0.5, 0.6) is 0 Å². The Bertz CT molecular complexity index is 441. The number of benzene rings is 1. The van der Waals surface area contributed by atoms with Crippen molar-refractivity contribution < 1.29 is 0 Å². The molecule has 1 aromatic rings. The Kier molecular flexibility index (Phi) is 3.90. The van der Waals surface area contributed by atoms with Gasteiger partial charge in [0.05, 0.1) is 0 Å². The molecule has 2 atom stereocenters. The number of aryl methyl sites for hydroxylation is 2. The van der Waals surface area contributed by atoms with Gasteiger partial charge in [-0.3, -0.25) is 4.90 Å². The predicted octanol–water partition coefficient (Wildman–Crippen LogP) is 2.88. The maximum absolute atomic E-state index is 3.70. The molecule has 2 heteroatoms. The summed E-state index contributed by atoms with van der Waals surface area (Å²) in [6, 6.07) is 7.64. The van der Waals surface area contributed by atoms with Crippen molar-refractivity contribution in [1.82, 2.24) is 10.2 Å². The van der Waals surface area contributed by atoms with Crippen LogP contribution in [0.4, 0.5) is 0 Å². The van der Waals surface area contributed by atoms with Crippen molar-refractivity contribution in [3.05, 3.63) is 34.9 Å². The van der Waals surface area contributed by atoms with Gasteiger partial charge in [0.2, 0.25) is 0 Å². The van der Waals surface area contributed by atoms with Gasteiger partial charge < -0.3 is 5.32 Å². The molecule has 0 aliphatic carbocycles. The number of fused-ring (bicyclic) bond motifs is 1. The van der Waals surface area contributed by atoms with Crippen LogP contribution in [0.1, 0.15) is 36.0 Å². The number of hydrogen-bond acceptors (Lipinski definition) is 2. The quantitative estimate of drug-likeness (QED) is 0.877. The molecule has 1 aromatic carbocycles. The first-order chi connectivity index (χ1) is 9.22. The van der Waals surface area contributed by atoms with Crippen LogP contribution in [-0.4, -0.2) is 30.6 Å². The van der Waals surface area contributed by atoms with E-state index in [-0.39, 0.29) is 0 Å². The second-order valence-electron chi connectivity index (χ2n) is 6.42. The second kappa shape index (κ2) is 5.64. The van der Waals surface area contributed by atoms with E-state index in [4.69, 9.17) is 0 Å². The van der Waals surface area contributed by atoms with Crippen molar-refractivity contribution in [2.75, 3.05) is 19.6 Å². The van der Waals surface area contributed by atoms with Gasteiger partial charge in [-0.15, -0.1) is 0 Å². The van der Waals surface area contributed by atoms with Gasteiger partial charge >= 0.3 is 0 Å². The van der Waals surface area contributed by atoms with Crippen molar-refractivity contribution in [3.63, 3.8) is 0 Å². The van der Waals surface area contributed by atoms with Crippen LogP contribution in [0, 0.1) is 19.8 Å². The number of hydrogen-bond donors (Lipinski definition) is 1. The summed E-state index contributed by atoms with van der Waals surface area (Å²) in [6.07, 6.45) is 4.11. The highest BCUT2D eigenvalue weighted by molar-refractivity contribution is 5.30. The lowest BCUT2D eigenvalue weighted by atomic mass is 9.85. The van der Waals surface area contributed by atoms with Gasteiger partial charge in [-0.25, -0.2) is 0 Å². The lowest BCUT2D eigenvalue weighted by molar-refractivity contribution is 0.109. The standard InChI is InChI=1S/C17H26N2/c1-13-5-6-14(2)16(10-13)12-19-9-7-17-15(11-19)4-3-8-18-17/h5-6,10,15,17-18H,3-4,7-9,11-12H2,1-2H3. The molecule has 2 heterocycles. The Hall–Kier alpha value is -0.860. The second-order valence-corrected chi connectivity index (χ2v) is 6.42. The van der Waals surface area contributed by atoms with E-state index in [1.165, 1.54) is 55.6 Å². The van der Waals surface area contributed by atoms with Crippen molar-refractivity contribution in [3.8, 4) is 0 Å². The predicted molar refractivity (Wildman–Crippen MR) is 80.3 cm³/mol. The zero-order valence-electron chi connectivity index (χ0n) is 12.3. The third-order valence-electron chi connectivity index (χ3n) is 4.87. The molecule has 2 saturated heterocycles. The highest BCUT2D eigenvalue weighted by Gasteiger charge is 2.30. The summed E-state index contributed by atoms with van der Waals surface area (Å²) >= 11 is 0. The van der Waals surface area contributed by atoms with Crippen molar-refractivity contribution in [2.45, 2.75) is 45.7 Å². The molecule has 0 amide bonds. The monoisotopic (exact) mass is 258 g/mol. The number of piperidine rings is 2. The Labute approximate surface area is 117 Å². The molecule has 2 aliphatic rings. The first-order valence-electron chi connectivity index (χ1n) is 7.74. The molecule has 1 N–H and O–H groups in total. The van der Waals surface area contributed by atoms with Gasteiger partial charge in [0.25, 0.3) is 0 Å². The van der Waals surface area contributed by atoms with E-state index >= 15 is 0 Å². The number of likely N-dealkylation sites (tertiary alicyclic amines) is 1. The average molecular weight is 258 g/mol. The minimum atomic E-state index is 0.795. The zero-order valence-corrected chi connectivity index (χ0v) is 12.3. The highest BCUT2D eigenvalue weighted by Crippen LogP contribution is 2.26. The third kappa shape index (κ3) is 3.01. The van der Waals surface area contributed by atoms with E-state index in [0.29, 0.717) is 0 Å². The van der Waals surface area contributed by atoms with Crippen molar-refractivity contribution >= 4 is 0 Å². The van der Waals surface area contributed by atoms with E-state index < -0.39 is 0 Å². The summed E-state index contributed by atoms with van der Waals surface area (Å²) in [4.78, 5) is 2.66. The molecule has 3 rings (SSSR count). The molecule has 0 aromatic heterocycles. The summed E-state index contributed by atoms with van der Waals surface area (Å²) < 4.78 is 0. The maximum atomic E-state index is 3.70. The number of nitrogens with one attached hydrogen (secondary N) is 1. The van der Waals surface area contributed by atoms with Crippen LogP contribution in [0.15, 0.2) is 18.2 Å². The van der Waals surface area contributed by atoms with Gasteiger partial charge in [0, 0.05) is 19.1 Å². The minimum Gasteiger partial charge on any atom is -0.314 e. The Morgan fingerprint density at radius 3 is 3.05 bits per heavy atom. The molecule has 0 spiro atoms. The van der Waals surface area contributed by atoms with Crippen molar-refractivity contribution in [1.29, 1.82) is 0 Å². The Morgan fingerprint density at radius 2 is 2.16 bits per heavy atom. The summed E-state index contributed by atoms with van der Waals surface area (Å²) in [5, 5.41) is 3.70. The summed E-state index contributed by atoms with van der Waals surface area (Å²) in [5.41, 5.74) is 4.34. The third-order valence-corrected chi connectivity index (χ3v) is 4.87. The molecule has 2 aliphatic heterocycles. The smallest absolute Gasteiger partial charge is 0.0236 e. The number of nitrogens with zero attached hydrogens (tertiary/aromatic N) is 1. The molecule has 2 fully saturated rings. The SMILES string of the molecule is Cc1ccc(C)c(CN2CCC3NCCCC3C2)c1. The van der Waals surface area contributed by atoms with Gasteiger partial charge in [-0.05, 0) is 63.2 Å². The first-order valence-corrected chi connectivity index (χ1v) is 7.74. The van der Waals surface area contributed by atoms with Crippen molar-refractivity contribution in [2.24, 2.45) is 5.92 Å². The largest absolute Gasteiger partial charge is 0.314 e. The molecule has 19 heavy (non-hydrogen) atoms. The molecular formula is C17H26N2. The molecule has 2 unspecified atom stereocenters. The molecular weight excluding hydrogens is 232 g/mol. The van der Waals surface area contributed by atoms with Crippen LogP contribution in [-0.2, 0) is 6.54 Å². The Balaban J connectivity index is 1.65. The van der Waals surface area contributed by atoms with Gasteiger partial charge in [0.15, 0.2) is 0 Å². The summed E-state index contributed by atoms with van der Waals surface area (Å²) in [6.45, 7) is 9.34. The fourth-order valence-corrected chi connectivity index (χ4v) is 3.68. The van der Waals surface area contributed by atoms with Gasteiger partial charge in [0.1, 0.15) is 0 Å². The van der Waals surface area contributed by atoms with E-state index in [9.17, 15) is 0 Å². The van der Waals surface area contributed by atoms with E-state index in [1.54, 1.807) is 0 Å². The average Bonchev–Trinajstić information content (AvgIpc) is 2.43. The Morgan fingerprint density at radius 1 is 1.26 bits per heavy atom. The van der Waals surface area contributed by atoms with Crippen LogP contribution in [0.25, 0.3) is 0 Å². The normalized spacial score (nSPS) is 28.1. The van der Waals surface area contributed by atoms with Crippen LogP contribution < -0.4 is 5.32 Å². The molecule has 2 nitrogen and oxygen atoms in total. The van der Waals surface area contributed by atoms with E-state index in [2.05, 4.69) is 42.3 Å². The summed E-state index contributed by atoms with van der Waals surface area (Å²) in [7, 11) is 0.